The first-order valence-corrected chi connectivity index (χ1v) is 7.50. The Labute approximate surface area is 120 Å². The molecule has 2 unspecified atom stereocenters. The van der Waals surface area contributed by atoms with Crippen LogP contribution in [-0.4, -0.2) is 18.9 Å². The first-order chi connectivity index (χ1) is 9.15. The fourth-order valence-electron chi connectivity index (χ4n) is 2.79. The van der Waals surface area contributed by atoms with Gasteiger partial charge in [0.15, 0.2) is 0 Å². The summed E-state index contributed by atoms with van der Waals surface area (Å²) in [5.41, 5.74) is 1.06. The van der Waals surface area contributed by atoms with Crippen molar-refractivity contribution in [1.82, 2.24) is 5.32 Å². The van der Waals surface area contributed by atoms with E-state index >= 15 is 0 Å². The number of Topliss-reactive ketones (excluding diaryl/α,β-unsaturated/α-hetero) is 1. The monoisotopic (exact) mass is 279 g/mol. The maximum Gasteiger partial charge on any atom is 0.137 e. The predicted octanol–water partition coefficient (Wildman–Crippen LogP) is 3.48. The molecule has 1 N–H and O–H groups in total. The Morgan fingerprint density at radius 3 is 2.79 bits per heavy atom. The second kappa shape index (κ2) is 7.06. The van der Waals surface area contributed by atoms with Crippen LogP contribution in [0.15, 0.2) is 24.3 Å². The standard InChI is InChI=1S/C16H22ClNO/c1-12(14-3-2-8-18-11-14)9-16(19)10-13-4-6-15(17)7-5-13/h4-7,12,14,18H,2-3,8-11H2,1H3. The minimum Gasteiger partial charge on any atom is -0.316 e. The molecule has 2 nitrogen and oxygen atoms in total. The number of hydrogen-bond acceptors (Lipinski definition) is 2. The van der Waals surface area contributed by atoms with E-state index in [1.54, 1.807) is 0 Å². The highest BCUT2D eigenvalue weighted by Crippen LogP contribution is 2.23. The summed E-state index contributed by atoms with van der Waals surface area (Å²) in [6.45, 7) is 4.40. The van der Waals surface area contributed by atoms with Gasteiger partial charge in [-0.2, -0.15) is 0 Å². The van der Waals surface area contributed by atoms with Gasteiger partial charge in [-0.1, -0.05) is 30.7 Å². The van der Waals surface area contributed by atoms with Crippen LogP contribution in [0.3, 0.4) is 0 Å². The zero-order chi connectivity index (χ0) is 13.7. The molecule has 1 aromatic carbocycles. The topological polar surface area (TPSA) is 29.1 Å². The molecule has 19 heavy (non-hydrogen) atoms. The summed E-state index contributed by atoms with van der Waals surface area (Å²) in [5, 5.41) is 4.14. The molecule has 0 radical (unpaired) electrons. The maximum atomic E-state index is 12.1. The molecule has 0 aliphatic carbocycles. The third kappa shape index (κ3) is 4.63. The van der Waals surface area contributed by atoms with Gasteiger partial charge in [-0.15, -0.1) is 0 Å². The van der Waals surface area contributed by atoms with Gasteiger partial charge in [0.25, 0.3) is 0 Å². The van der Waals surface area contributed by atoms with E-state index in [4.69, 9.17) is 11.6 Å². The number of halogens is 1. The maximum absolute atomic E-state index is 12.1. The quantitative estimate of drug-likeness (QED) is 0.894. The number of ketones is 1. The van der Waals surface area contributed by atoms with Crippen molar-refractivity contribution in [3.05, 3.63) is 34.9 Å². The van der Waals surface area contributed by atoms with Crippen LogP contribution in [0.4, 0.5) is 0 Å². The van der Waals surface area contributed by atoms with Crippen LogP contribution in [-0.2, 0) is 11.2 Å². The first kappa shape index (κ1) is 14.5. The van der Waals surface area contributed by atoms with E-state index in [9.17, 15) is 4.79 Å². The molecular formula is C16H22ClNO. The summed E-state index contributed by atoms with van der Waals surface area (Å²) in [6.07, 6.45) is 3.71. The van der Waals surface area contributed by atoms with Gasteiger partial charge in [0.05, 0.1) is 0 Å². The highest BCUT2D eigenvalue weighted by Gasteiger charge is 2.21. The minimum atomic E-state index is 0.334. The van der Waals surface area contributed by atoms with Crippen molar-refractivity contribution in [1.29, 1.82) is 0 Å². The summed E-state index contributed by atoms with van der Waals surface area (Å²) < 4.78 is 0. The van der Waals surface area contributed by atoms with Crippen LogP contribution in [0, 0.1) is 11.8 Å². The van der Waals surface area contributed by atoms with E-state index < -0.39 is 0 Å². The van der Waals surface area contributed by atoms with Crippen molar-refractivity contribution in [2.45, 2.75) is 32.6 Å². The zero-order valence-electron chi connectivity index (χ0n) is 11.5. The smallest absolute Gasteiger partial charge is 0.137 e. The summed E-state index contributed by atoms with van der Waals surface area (Å²) in [4.78, 5) is 12.1. The van der Waals surface area contributed by atoms with Gasteiger partial charge in [0.2, 0.25) is 0 Å². The molecule has 1 fully saturated rings. The number of benzene rings is 1. The van der Waals surface area contributed by atoms with Gasteiger partial charge < -0.3 is 5.32 Å². The molecular weight excluding hydrogens is 258 g/mol. The van der Waals surface area contributed by atoms with E-state index in [1.165, 1.54) is 12.8 Å². The largest absolute Gasteiger partial charge is 0.316 e. The van der Waals surface area contributed by atoms with Crippen LogP contribution in [0.5, 0.6) is 0 Å². The third-order valence-electron chi connectivity index (χ3n) is 4.00. The molecule has 1 aliphatic heterocycles. The van der Waals surface area contributed by atoms with Gasteiger partial charge in [-0.05, 0) is 55.5 Å². The summed E-state index contributed by atoms with van der Waals surface area (Å²) >= 11 is 5.84. The fourth-order valence-corrected chi connectivity index (χ4v) is 2.92. The Morgan fingerprint density at radius 2 is 2.16 bits per heavy atom. The van der Waals surface area contributed by atoms with Crippen molar-refractivity contribution in [2.24, 2.45) is 11.8 Å². The number of carbonyl (C=O) groups excluding carboxylic acids is 1. The molecule has 104 valence electrons. The van der Waals surface area contributed by atoms with Crippen molar-refractivity contribution in [3.8, 4) is 0 Å². The van der Waals surface area contributed by atoms with Crippen LogP contribution >= 0.6 is 11.6 Å². The molecule has 1 aromatic rings. The molecule has 0 bridgehead atoms. The lowest BCUT2D eigenvalue weighted by Crippen LogP contribution is -2.34. The lowest BCUT2D eigenvalue weighted by molar-refractivity contribution is -0.119. The average molecular weight is 280 g/mol. The Hall–Kier alpha value is -0.860. The second-order valence-corrected chi connectivity index (χ2v) is 6.07. The normalized spacial score (nSPS) is 21.1. The summed E-state index contributed by atoms with van der Waals surface area (Å²) in [6, 6.07) is 7.57. The molecule has 1 saturated heterocycles. The van der Waals surface area contributed by atoms with Crippen LogP contribution in [0.1, 0.15) is 31.7 Å². The second-order valence-electron chi connectivity index (χ2n) is 5.63. The minimum absolute atomic E-state index is 0.334. The molecule has 3 heteroatoms. The molecule has 0 spiro atoms. The van der Waals surface area contributed by atoms with Gasteiger partial charge >= 0.3 is 0 Å². The van der Waals surface area contributed by atoms with E-state index in [1.807, 2.05) is 24.3 Å². The number of carbonyl (C=O) groups is 1. The Balaban J connectivity index is 1.81. The van der Waals surface area contributed by atoms with E-state index in [2.05, 4.69) is 12.2 Å². The highest BCUT2D eigenvalue weighted by molar-refractivity contribution is 6.30. The molecule has 0 aromatic heterocycles. The number of piperidine rings is 1. The molecule has 0 amide bonds. The predicted molar refractivity (Wildman–Crippen MR) is 79.5 cm³/mol. The van der Waals surface area contributed by atoms with Crippen LogP contribution < -0.4 is 5.32 Å². The highest BCUT2D eigenvalue weighted by atomic mass is 35.5. The third-order valence-corrected chi connectivity index (χ3v) is 4.26. The van der Waals surface area contributed by atoms with Crippen LogP contribution in [0.2, 0.25) is 5.02 Å². The molecule has 2 rings (SSSR count). The summed E-state index contributed by atoms with van der Waals surface area (Å²) in [7, 11) is 0. The van der Waals surface area contributed by atoms with Gasteiger partial charge in [0.1, 0.15) is 5.78 Å². The summed E-state index contributed by atoms with van der Waals surface area (Å²) in [5.74, 6) is 1.47. The van der Waals surface area contributed by atoms with Gasteiger partial charge in [0, 0.05) is 17.9 Å². The number of hydrogen-bond donors (Lipinski definition) is 1. The Morgan fingerprint density at radius 1 is 1.42 bits per heavy atom. The molecule has 0 saturated carbocycles. The van der Waals surface area contributed by atoms with Gasteiger partial charge in [-0.25, -0.2) is 0 Å². The Bertz CT molecular complexity index is 409. The van der Waals surface area contributed by atoms with Gasteiger partial charge in [-0.3, -0.25) is 4.79 Å². The van der Waals surface area contributed by atoms with Crippen molar-refractivity contribution < 1.29 is 4.79 Å². The SMILES string of the molecule is CC(CC(=O)Cc1ccc(Cl)cc1)C1CCCNC1. The van der Waals surface area contributed by atoms with E-state index in [0.717, 1.165) is 23.7 Å². The average Bonchev–Trinajstić information content (AvgIpc) is 2.42. The van der Waals surface area contributed by atoms with Crippen molar-refractivity contribution in [3.63, 3.8) is 0 Å². The number of nitrogens with one attached hydrogen (secondary N) is 1. The van der Waals surface area contributed by atoms with Crippen molar-refractivity contribution in [2.75, 3.05) is 13.1 Å². The van der Waals surface area contributed by atoms with E-state index in [0.29, 0.717) is 30.5 Å². The molecule has 1 aliphatic rings. The molecule has 1 heterocycles. The zero-order valence-corrected chi connectivity index (χ0v) is 12.2. The Kier molecular flexibility index (Phi) is 5.41. The fraction of sp³-hybridized carbons (Fsp3) is 0.562. The van der Waals surface area contributed by atoms with E-state index in [-0.39, 0.29) is 0 Å². The molecule has 2 atom stereocenters. The number of rotatable bonds is 5. The van der Waals surface area contributed by atoms with Crippen molar-refractivity contribution >= 4 is 17.4 Å². The first-order valence-electron chi connectivity index (χ1n) is 7.12. The lowest BCUT2D eigenvalue weighted by Gasteiger charge is -2.28. The lowest BCUT2D eigenvalue weighted by atomic mass is 9.84. The van der Waals surface area contributed by atoms with Crippen LogP contribution in [0.25, 0.3) is 0 Å².